The van der Waals surface area contributed by atoms with Gasteiger partial charge >= 0.3 is 0 Å². The highest BCUT2D eigenvalue weighted by Gasteiger charge is 2.05. The fourth-order valence-electron chi connectivity index (χ4n) is 1.55. The second-order valence-corrected chi connectivity index (χ2v) is 4.82. The van der Waals surface area contributed by atoms with E-state index in [4.69, 9.17) is 0 Å². The second-order valence-electron chi connectivity index (χ2n) is 3.90. The smallest absolute Gasteiger partial charge is 0.263 e. The molecule has 0 radical (unpaired) electrons. The quantitative estimate of drug-likeness (QED) is 0.838. The van der Waals surface area contributed by atoms with E-state index >= 15 is 0 Å². The zero-order valence-electron chi connectivity index (χ0n) is 9.54. The lowest BCUT2D eigenvalue weighted by Crippen LogP contribution is -1.99. The summed E-state index contributed by atoms with van der Waals surface area (Å²) in [6.07, 6.45) is -2.40. The van der Waals surface area contributed by atoms with Gasteiger partial charge in [-0.05, 0) is 29.8 Å². The predicted molar refractivity (Wildman–Crippen MR) is 72.9 cm³/mol. The molecule has 4 heteroatoms. The molecule has 0 heterocycles. The van der Waals surface area contributed by atoms with E-state index in [1.165, 1.54) is 12.1 Å². The van der Waals surface area contributed by atoms with Gasteiger partial charge in [0.2, 0.25) is 0 Å². The number of anilines is 1. The summed E-state index contributed by atoms with van der Waals surface area (Å²) in [5, 5.41) is 3.23. The number of halogens is 3. The van der Waals surface area contributed by atoms with Crippen LogP contribution >= 0.6 is 15.9 Å². The highest BCUT2D eigenvalue weighted by Crippen LogP contribution is 2.19. The monoisotopic (exact) mass is 311 g/mol. The first-order valence-electron chi connectivity index (χ1n) is 5.51. The average Bonchev–Trinajstić information content (AvgIpc) is 2.38. The Kier molecular flexibility index (Phi) is 4.31. The molecular formula is C14H12BrF2N. The van der Waals surface area contributed by atoms with Crippen LogP contribution in [0.4, 0.5) is 14.5 Å². The lowest BCUT2D eigenvalue weighted by molar-refractivity contribution is 0.151. The van der Waals surface area contributed by atoms with Gasteiger partial charge in [-0.2, -0.15) is 0 Å². The minimum Gasteiger partial charge on any atom is -0.381 e. The average molecular weight is 312 g/mol. The number of rotatable bonds is 4. The molecule has 1 nitrogen and oxygen atoms in total. The maximum atomic E-state index is 12.4. The molecular weight excluding hydrogens is 300 g/mol. The molecule has 1 N–H and O–H groups in total. The zero-order valence-corrected chi connectivity index (χ0v) is 11.1. The van der Waals surface area contributed by atoms with Gasteiger partial charge in [0.1, 0.15) is 0 Å². The molecule has 0 saturated heterocycles. The SMILES string of the molecule is FC(F)c1ccc(CNc2ccc(Br)cc2)cc1. The molecule has 0 aliphatic rings. The van der Waals surface area contributed by atoms with E-state index < -0.39 is 6.43 Å². The van der Waals surface area contributed by atoms with Gasteiger partial charge in [0, 0.05) is 22.3 Å². The van der Waals surface area contributed by atoms with Gasteiger partial charge in [-0.3, -0.25) is 0 Å². The van der Waals surface area contributed by atoms with E-state index in [1.54, 1.807) is 12.1 Å². The van der Waals surface area contributed by atoms with Crippen LogP contribution in [0.1, 0.15) is 17.6 Å². The third kappa shape index (κ3) is 3.53. The van der Waals surface area contributed by atoms with Crippen LogP contribution < -0.4 is 5.32 Å². The van der Waals surface area contributed by atoms with Crippen LogP contribution in [0.5, 0.6) is 0 Å². The second kappa shape index (κ2) is 5.96. The van der Waals surface area contributed by atoms with Crippen molar-refractivity contribution in [2.24, 2.45) is 0 Å². The minimum atomic E-state index is -2.40. The van der Waals surface area contributed by atoms with Gasteiger partial charge < -0.3 is 5.32 Å². The molecule has 0 bridgehead atoms. The largest absolute Gasteiger partial charge is 0.381 e. The van der Waals surface area contributed by atoms with Crippen molar-refractivity contribution < 1.29 is 8.78 Å². The Balaban J connectivity index is 1.95. The van der Waals surface area contributed by atoms with Crippen molar-refractivity contribution >= 4 is 21.6 Å². The molecule has 2 aromatic carbocycles. The molecule has 0 amide bonds. The fraction of sp³-hybridized carbons (Fsp3) is 0.143. The topological polar surface area (TPSA) is 12.0 Å². The molecule has 0 unspecified atom stereocenters. The Labute approximate surface area is 113 Å². The van der Waals surface area contributed by atoms with E-state index in [1.807, 2.05) is 24.3 Å². The summed E-state index contributed by atoms with van der Waals surface area (Å²) in [5.74, 6) is 0. The van der Waals surface area contributed by atoms with Crippen LogP contribution in [0.2, 0.25) is 0 Å². The van der Waals surface area contributed by atoms with Crippen molar-refractivity contribution in [1.82, 2.24) is 0 Å². The first kappa shape index (κ1) is 13.0. The normalized spacial score (nSPS) is 10.7. The van der Waals surface area contributed by atoms with E-state index in [-0.39, 0.29) is 5.56 Å². The first-order chi connectivity index (χ1) is 8.65. The van der Waals surface area contributed by atoms with Crippen LogP contribution in [0, 0.1) is 0 Å². The molecule has 0 spiro atoms. The van der Waals surface area contributed by atoms with Crippen molar-refractivity contribution in [3.63, 3.8) is 0 Å². The number of hydrogen-bond acceptors (Lipinski definition) is 1. The molecule has 0 atom stereocenters. The number of benzene rings is 2. The van der Waals surface area contributed by atoms with Gasteiger partial charge in [0.15, 0.2) is 0 Å². The molecule has 18 heavy (non-hydrogen) atoms. The van der Waals surface area contributed by atoms with Crippen molar-refractivity contribution in [1.29, 1.82) is 0 Å². The molecule has 0 aliphatic carbocycles. The molecule has 0 aliphatic heterocycles. The van der Waals surface area contributed by atoms with E-state index in [0.29, 0.717) is 6.54 Å². The van der Waals surface area contributed by atoms with Crippen LogP contribution in [0.25, 0.3) is 0 Å². The highest BCUT2D eigenvalue weighted by atomic mass is 79.9. The third-order valence-corrected chi connectivity index (χ3v) is 3.10. The van der Waals surface area contributed by atoms with Crippen molar-refractivity contribution in [2.45, 2.75) is 13.0 Å². The van der Waals surface area contributed by atoms with Gasteiger partial charge in [-0.15, -0.1) is 0 Å². The highest BCUT2D eigenvalue weighted by molar-refractivity contribution is 9.10. The van der Waals surface area contributed by atoms with Gasteiger partial charge in [-0.1, -0.05) is 40.2 Å². The summed E-state index contributed by atoms with van der Waals surface area (Å²) in [5.41, 5.74) is 2.03. The minimum absolute atomic E-state index is 0.0578. The number of nitrogens with one attached hydrogen (secondary N) is 1. The van der Waals surface area contributed by atoms with E-state index in [0.717, 1.165) is 15.7 Å². The maximum absolute atomic E-state index is 12.4. The Morgan fingerprint density at radius 2 is 1.56 bits per heavy atom. The predicted octanol–water partition coefficient (Wildman–Crippen LogP) is 5.00. The number of alkyl halides is 2. The van der Waals surface area contributed by atoms with Gasteiger partial charge in [-0.25, -0.2) is 8.78 Å². The summed E-state index contributed by atoms with van der Waals surface area (Å²) in [4.78, 5) is 0. The van der Waals surface area contributed by atoms with Gasteiger partial charge in [0.25, 0.3) is 6.43 Å². The van der Waals surface area contributed by atoms with Crippen LogP contribution in [0.3, 0.4) is 0 Å². The summed E-state index contributed by atoms with van der Waals surface area (Å²) >= 11 is 3.36. The molecule has 2 aromatic rings. The Bertz CT molecular complexity index is 494. The van der Waals surface area contributed by atoms with Crippen LogP contribution in [0.15, 0.2) is 53.0 Å². The van der Waals surface area contributed by atoms with Crippen molar-refractivity contribution in [3.8, 4) is 0 Å². The standard InChI is InChI=1S/C14H12BrF2N/c15-12-5-7-13(8-6-12)18-9-10-1-3-11(4-2-10)14(16)17/h1-8,14,18H,9H2. The molecule has 2 rings (SSSR count). The molecule has 94 valence electrons. The Morgan fingerprint density at radius 1 is 0.944 bits per heavy atom. The fourth-order valence-corrected chi connectivity index (χ4v) is 1.82. The lowest BCUT2D eigenvalue weighted by Gasteiger charge is -2.07. The van der Waals surface area contributed by atoms with Gasteiger partial charge in [0.05, 0.1) is 0 Å². The summed E-state index contributed by atoms with van der Waals surface area (Å²) in [6.45, 7) is 0.616. The first-order valence-corrected chi connectivity index (χ1v) is 6.31. The Hall–Kier alpha value is -1.42. The van der Waals surface area contributed by atoms with E-state index in [9.17, 15) is 8.78 Å². The number of hydrogen-bond donors (Lipinski definition) is 1. The van der Waals surface area contributed by atoms with Crippen LogP contribution in [-0.4, -0.2) is 0 Å². The molecule has 0 aromatic heterocycles. The maximum Gasteiger partial charge on any atom is 0.263 e. The third-order valence-electron chi connectivity index (χ3n) is 2.57. The zero-order chi connectivity index (χ0) is 13.0. The van der Waals surface area contributed by atoms with E-state index in [2.05, 4.69) is 21.2 Å². The van der Waals surface area contributed by atoms with Crippen molar-refractivity contribution in [2.75, 3.05) is 5.32 Å². The summed E-state index contributed by atoms with van der Waals surface area (Å²) in [6, 6.07) is 14.2. The molecule has 0 fully saturated rings. The van der Waals surface area contributed by atoms with Crippen molar-refractivity contribution in [3.05, 3.63) is 64.1 Å². The lowest BCUT2D eigenvalue weighted by atomic mass is 10.1. The Morgan fingerprint density at radius 3 is 2.11 bits per heavy atom. The molecule has 0 saturated carbocycles. The van der Waals surface area contributed by atoms with Crippen LogP contribution in [-0.2, 0) is 6.54 Å². The summed E-state index contributed by atoms with van der Waals surface area (Å²) in [7, 11) is 0. The summed E-state index contributed by atoms with van der Waals surface area (Å²) < 4.78 is 25.8.